The summed E-state index contributed by atoms with van der Waals surface area (Å²) < 4.78 is 5.20. The molecule has 7 heteroatoms. The number of aliphatic hydroxyl groups excluding tert-OH is 1. The molecule has 1 aliphatic heterocycles. The van der Waals surface area contributed by atoms with Crippen LogP contribution in [0.3, 0.4) is 0 Å². The lowest BCUT2D eigenvalue weighted by atomic mass is 10.0. The third kappa shape index (κ3) is 2.98. The highest BCUT2D eigenvalue weighted by Gasteiger charge is 2.44. The highest BCUT2D eigenvalue weighted by molar-refractivity contribution is 5.76. The van der Waals surface area contributed by atoms with Crippen LogP contribution in [0.2, 0.25) is 0 Å². The normalized spacial score (nSPS) is 23.8. The number of nitro groups is 1. The average molecular weight is 258 g/mol. The Morgan fingerprint density at radius 3 is 2.50 bits per heavy atom. The number of nitrogens with zero attached hydrogens (tertiary/aromatic N) is 2. The number of ether oxygens (including phenoxy) is 1. The van der Waals surface area contributed by atoms with Crippen molar-refractivity contribution in [3.63, 3.8) is 0 Å². The molecule has 0 fully saturated rings. The molecule has 0 aromatic heterocycles. The molecule has 0 saturated carbocycles. The first-order valence-corrected chi connectivity index (χ1v) is 5.64. The van der Waals surface area contributed by atoms with E-state index in [1.807, 2.05) is 0 Å². The topological polar surface area (TPSA) is 92.9 Å². The van der Waals surface area contributed by atoms with Crippen molar-refractivity contribution in [3.05, 3.63) is 22.0 Å². The average Bonchev–Trinajstić information content (AvgIpc) is 2.52. The van der Waals surface area contributed by atoms with E-state index in [4.69, 9.17) is 9.84 Å². The lowest BCUT2D eigenvalue weighted by Gasteiger charge is -2.24. The van der Waals surface area contributed by atoms with Crippen LogP contribution in [0.15, 0.2) is 11.9 Å². The van der Waals surface area contributed by atoms with Crippen LogP contribution >= 0.6 is 0 Å². The number of hydrogen-bond donors (Lipinski definition) is 1. The van der Waals surface area contributed by atoms with Gasteiger partial charge in [0.1, 0.15) is 17.6 Å². The third-order valence-corrected chi connectivity index (χ3v) is 2.65. The molecule has 0 spiro atoms. The van der Waals surface area contributed by atoms with Crippen molar-refractivity contribution in [2.45, 2.75) is 39.3 Å². The fraction of sp³-hybridized carbons (Fsp3) is 0.727. The van der Waals surface area contributed by atoms with Crippen LogP contribution in [0.5, 0.6) is 0 Å². The van der Waals surface area contributed by atoms with Crippen LogP contribution in [0, 0.1) is 16.0 Å². The van der Waals surface area contributed by atoms with Gasteiger partial charge in [0, 0.05) is 6.08 Å². The zero-order valence-electron chi connectivity index (χ0n) is 10.9. The standard InChI is InChI=1S/C11H18N2O5/c1-7-8(10(15)18-11(2,3)4)5-9(13(16)17)12(7)6-14/h5,7-8,14H,6H2,1-4H3. The smallest absolute Gasteiger partial charge is 0.317 e. The van der Waals surface area contributed by atoms with Gasteiger partial charge in [-0.3, -0.25) is 4.79 Å². The van der Waals surface area contributed by atoms with Gasteiger partial charge in [0.15, 0.2) is 6.73 Å². The molecule has 18 heavy (non-hydrogen) atoms. The number of esters is 1. The molecule has 2 unspecified atom stereocenters. The number of rotatable bonds is 3. The maximum absolute atomic E-state index is 11.9. The molecule has 1 N–H and O–H groups in total. The summed E-state index contributed by atoms with van der Waals surface area (Å²) in [4.78, 5) is 23.3. The minimum atomic E-state index is -0.739. The van der Waals surface area contributed by atoms with Gasteiger partial charge >= 0.3 is 11.8 Å². The van der Waals surface area contributed by atoms with E-state index in [0.717, 1.165) is 4.90 Å². The van der Waals surface area contributed by atoms with Crippen molar-refractivity contribution in [2.75, 3.05) is 6.73 Å². The number of carbonyl (C=O) groups excluding carboxylic acids is 1. The zero-order chi connectivity index (χ0) is 14.1. The van der Waals surface area contributed by atoms with Crippen molar-refractivity contribution in [2.24, 2.45) is 5.92 Å². The van der Waals surface area contributed by atoms with Crippen LogP contribution in [0.4, 0.5) is 0 Å². The molecule has 102 valence electrons. The molecule has 1 aliphatic rings. The first-order chi connectivity index (χ1) is 8.17. The van der Waals surface area contributed by atoms with E-state index >= 15 is 0 Å². The molecule has 1 heterocycles. The second kappa shape index (κ2) is 4.93. The summed E-state index contributed by atoms with van der Waals surface area (Å²) in [5.41, 5.74) is -0.647. The number of carbonyl (C=O) groups is 1. The lowest BCUT2D eigenvalue weighted by Crippen LogP contribution is -2.38. The Labute approximate surface area is 105 Å². The Balaban J connectivity index is 2.91. The lowest BCUT2D eigenvalue weighted by molar-refractivity contribution is -0.447. The SMILES string of the molecule is CC1C(C(=O)OC(C)(C)C)C=C([N+](=O)[O-])N1CO. The van der Waals surface area contributed by atoms with E-state index < -0.39 is 35.2 Å². The second-order valence-corrected chi connectivity index (χ2v) is 5.19. The number of hydrogen-bond acceptors (Lipinski definition) is 6. The molecular weight excluding hydrogens is 240 g/mol. The van der Waals surface area contributed by atoms with E-state index in [9.17, 15) is 14.9 Å². The summed E-state index contributed by atoms with van der Waals surface area (Å²) in [7, 11) is 0. The third-order valence-electron chi connectivity index (χ3n) is 2.65. The molecule has 0 aromatic carbocycles. The van der Waals surface area contributed by atoms with E-state index in [0.29, 0.717) is 0 Å². The van der Waals surface area contributed by atoms with Crippen molar-refractivity contribution in [1.82, 2.24) is 4.90 Å². The van der Waals surface area contributed by atoms with E-state index in [-0.39, 0.29) is 5.82 Å². The molecule has 0 saturated heterocycles. The molecule has 2 atom stereocenters. The molecule has 0 bridgehead atoms. The van der Waals surface area contributed by atoms with Gasteiger partial charge in [0.25, 0.3) is 0 Å². The zero-order valence-corrected chi connectivity index (χ0v) is 10.9. The minimum absolute atomic E-state index is 0.263. The molecule has 0 aromatic rings. The molecule has 1 rings (SSSR count). The predicted molar refractivity (Wildman–Crippen MR) is 62.8 cm³/mol. The summed E-state index contributed by atoms with van der Waals surface area (Å²) in [5.74, 6) is -1.53. The summed E-state index contributed by atoms with van der Waals surface area (Å²) in [5, 5.41) is 19.9. The van der Waals surface area contributed by atoms with Gasteiger partial charge in [-0.15, -0.1) is 0 Å². The van der Waals surface area contributed by atoms with Crippen molar-refractivity contribution in [3.8, 4) is 0 Å². The maximum atomic E-state index is 11.9. The van der Waals surface area contributed by atoms with Crippen LogP contribution in [-0.4, -0.2) is 39.3 Å². The fourth-order valence-corrected chi connectivity index (χ4v) is 1.80. The van der Waals surface area contributed by atoms with Crippen LogP contribution in [-0.2, 0) is 9.53 Å². The van der Waals surface area contributed by atoms with Crippen LogP contribution < -0.4 is 0 Å². The molecule has 0 radical (unpaired) electrons. The Kier molecular flexibility index (Phi) is 3.95. The van der Waals surface area contributed by atoms with Gasteiger partial charge in [0.05, 0.1) is 0 Å². The van der Waals surface area contributed by atoms with E-state index in [1.54, 1.807) is 27.7 Å². The Bertz CT molecular complexity index is 385. The first-order valence-electron chi connectivity index (χ1n) is 5.64. The van der Waals surface area contributed by atoms with Crippen LogP contribution in [0.1, 0.15) is 27.7 Å². The first kappa shape index (κ1) is 14.4. The summed E-state index contributed by atoms with van der Waals surface area (Å²) >= 11 is 0. The summed E-state index contributed by atoms with van der Waals surface area (Å²) in [6.07, 6.45) is 1.23. The van der Waals surface area contributed by atoms with Gasteiger partial charge in [-0.25, -0.2) is 4.90 Å². The Morgan fingerprint density at radius 1 is 1.61 bits per heavy atom. The van der Waals surface area contributed by atoms with E-state index in [2.05, 4.69) is 0 Å². The largest absolute Gasteiger partial charge is 0.459 e. The monoisotopic (exact) mass is 258 g/mol. The highest BCUT2D eigenvalue weighted by Crippen LogP contribution is 2.29. The summed E-state index contributed by atoms with van der Waals surface area (Å²) in [6.45, 7) is 6.32. The molecule has 7 nitrogen and oxygen atoms in total. The number of aliphatic hydroxyl groups is 1. The Morgan fingerprint density at radius 2 is 2.17 bits per heavy atom. The molecular formula is C11H18N2O5. The predicted octanol–water partition coefficient (Wildman–Crippen LogP) is 0.716. The quantitative estimate of drug-likeness (QED) is 0.455. The van der Waals surface area contributed by atoms with Gasteiger partial charge < -0.3 is 20.0 Å². The van der Waals surface area contributed by atoms with Gasteiger partial charge in [0.2, 0.25) is 0 Å². The molecule has 0 aliphatic carbocycles. The van der Waals surface area contributed by atoms with Gasteiger partial charge in [-0.05, 0) is 32.6 Å². The minimum Gasteiger partial charge on any atom is -0.459 e. The van der Waals surface area contributed by atoms with E-state index in [1.165, 1.54) is 6.08 Å². The maximum Gasteiger partial charge on any atom is 0.317 e. The fourth-order valence-electron chi connectivity index (χ4n) is 1.80. The Hall–Kier alpha value is -1.63. The van der Waals surface area contributed by atoms with Gasteiger partial charge in [-0.2, -0.15) is 0 Å². The van der Waals surface area contributed by atoms with Crippen LogP contribution in [0.25, 0.3) is 0 Å². The van der Waals surface area contributed by atoms with Gasteiger partial charge in [-0.1, -0.05) is 0 Å². The summed E-state index contributed by atoms with van der Waals surface area (Å²) in [6, 6.07) is -0.495. The van der Waals surface area contributed by atoms with Crippen molar-refractivity contribution < 1.29 is 19.6 Å². The molecule has 0 amide bonds. The second-order valence-electron chi connectivity index (χ2n) is 5.19. The highest BCUT2D eigenvalue weighted by atomic mass is 16.6. The van der Waals surface area contributed by atoms with Crippen molar-refractivity contribution >= 4 is 5.97 Å². The van der Waals surface area contributed by atoms with Crippen molar-refractivity contribution in [1.29, 1.82) is 0 Å².